The van der Waals surface area contributed by atoms with Crippen LogP contribution in [0.25, 0.3) is 0 Å². The molecular weight excluding hydrogens is 124 g/mol. The van der Waals surface area contributed by atoms with Crippen LogP contribution >= 0.6 is 0 Å². The molecule has 0 aromatic heterocycles. The third-order valence-electron chi connectivity index (χ3n) is 2.79. The standard InChI is InChI=1S/C9H14O/c1-7-4-5-8(6-10)9(7,2)3/h4,6,8H,5H2,1-3H3/t8-/m0/s1. The lowest BCUT2D eigenvalue weighted by molar-refractivity contribution is -0.113. The third-order valence-corrected chi connectivity index (χ3v) is 2.79. The summed E-state index contributed by atoms with van der Waals surface area (Å²) in [6.45, 7) is 6.36. The lowest BCUT2D eigenvalue weighted by Gasteiger charge is -2.24. The largest absolute Gasteiger partial charge is 0.303 e. The second-order valence-corrected chi connectivity index (χ2v) is 3.59. The Bertz CT molecular complexity index is 177. The lowest BCUT2D eigenvalue weighted by Crippen LogP contribution is -2.21. The predicted molar refractivity (Wildman–Crippen MR) is 41.7 cm³/mol. The average molecular weight is 138 g/mol. The highest BCUT2D eigenvalue weighted by molar-refractivity contribution is 5.58. The fourth-order valence-electron chi connectivity index (χ4n) is 1.38. The molecule has 0 amide bonds. The summed E-state index contributed by atoms with van der Waals surface area (Å²) >= 11 is 0. The fourth-order valence-corrected chi connectivity index (χ4v) is 1.38. The van der Waals surface area contributed by atoms with Gasteiger partial charge in [-0.1, -0.05) is 25.5 Å². The van der Waals surface area contributed by atoms with Crippen molar-refractivity contribution in [3.63, 3.8) is 0 Å². The number of hydrogen-bond donors (Lipinski definition) is 0. The van der Waals surface area contributed by atoms with Crippen molar-refractivity contribution in [3.8, 4) is 0 Å². The van der Waals surface area contributed by atoms with Crippen molar-refractivity contribution in [1.29, 1.82) is 0 Å². The molecule has 1 atom stereocenters. The summed E-state index contributed by atoms with van der Waals surface area (Å²) in [5.41, 5.74) is 1.46. The van der Waals surface area contributed by atoms with E-state index in [-0.39, 0.29) is 11.3 Å². The third kappa shape index (κ3) is 0.898. The van der Waals surface area contributed by atoms with Gasteiger partial charge in [-0.3, -0.25) is 0 Å². The van der Waals surface area contributed by atoms with E-state index in [1.807, 2.05) is 0 Å². The number of allylic oxidation sites excluding steroid dienone is 2. The minimum atomic E-state index is 0.113. The second-order valence-electron chi connectivity index (χ2n) is 3.59. The van der Waals surface area contributed by atoms with Crippen LogP contribution in [0.2, 0.25) is 0 Å². The Morgan fingerprint density at radius 3 is 2.50 bits per heavy atom. The Labute approximate surface area is 62.1 Å². The molecule has 1 heteroatoms. The van der Waals surface area contributed by atoms with Crippen molar-refractivity contribution in [1.82, 2.24) is 0 Å². The Morgan fingerprint density at radius 2 is 2.30 bits per heavy atom. The topological polar surface area (TPSA) is 17.1 Å². The number of carbonyl (C=O) groups is 1. The molecule has 0 fully saturated rings. The number of hydrogen-bond acceptors (Lipinski definition) is 1. The highest BCUT2D eigenvalue weighted by Crippen LogP contribution is 2.41. The van der Waals surface area contributed by atoms with Crippen LogP contribution in [0, 0.1) is 11.3 Å². The van der Waals surface area contributed by atoms with Crippen LogP contribution in [0.1, 0.15) is 27.2 Å². The highest BCUT2D eigenvalue weighted by Gasteiger charge is 2.34. The normalized spacial score (nSPS) is 29.9. The minimum absolute atomic E-state index is 0.113. The van der Waals surface area contributed by atoms with Crippen LogP contribution in [0.15, 0.2) is 11.6 Å². The van der Waals surface area contributed by atoms with E-state index in [1.54, 1.807) is 0 Å². The van der Waals surface area contributed by atoms with Gasteiger partial charge in [0.1, 0.15) is 6.29 Å². The van der Waals surface area contributed by atoms with E-state index in [9.17, 15) is 4.79 Å². The first-order valence-corrected chi connectivity index (χ1v) is 3.71. The van der Waals surface area contributed by atoms with Crippen LogP contribution < -0.4 is 0 Å². The summed E-state index contributed by atoms with van der Waals surface area (Å²) in [5, 5.41) is 0. The maximum Gasteiger partial charge on any atom is 0.124 e. The SMILES string of the molecule is CC1=CC[C@@H](C=O)C1(C)C. The molecule has 1 aliphatic rings. The number of carbonyl (C=O) groups excluding carboxylic acids is 1. The van der Waals surface area contributed by atoms with Crippen molar-refractivity contribution in [3.05, 3.63) is 11.6 Å². The van der Waals surface area contributed by atoms with Crippen molar-refractivity contribution < 1.29 is 4.79 Å². The first kappa shape index (κ1) is 7.52. The molecule has 0 bridgehead atoms. The quantitative estimate of drug-likeness (QED) is 0.401. The Morgan fingerprint density at radius 1 is 1.70 bits per heavy atom. The molecule has 56 valence electrons. The minimum Gasteiger partial charge on any atom is -0.303 e. The van der Waals surface area contributed by atoms with Gasteiger partial charge >= 0.3 is 0 Å². The van der Waals surface area contributed by atoms with Crippen LogP contribution in [-0.2, 0) is 4.79 Å². The van der Waals surface area contributed by atoms with Gasteiger partial charge in [-0.05, 0) is 18.8 Å². The molecule has 0 heterocycles. The molecule has 0 saturated carbocycles. The summed E-state index contributed by atoms with van der Waals surface area (Å²) in [5.74, 6) is 0.215. The zero-order chi connectivity index (χ0) is 7.78. The fraction of sp³-hybridized carbons (Fsp3) is 0.667. The van der Waals surface area contributed by atoms with Gasteiger partial charge in [0.15, 0.2) is 0 Å². The molecule has 0 aliphatic heterocycles. The Balaban J connectivity index is 2.83. The second kappa shape index (κ2) is 2.22. The van der Waals surface area contributed by atoms with E-state index in [0.717, 1.165) is 12.7 Å². The van der Waals surface area contributed by atoms with Crippen molar-refractivity contribution in [2.45, 2.75) is 27.2 Å². The highest BCUT2D eigenvalue weighted by atomic mass is 16.1. The van der Waals surface area contributed by atoms with E-state index >= 15 is 0 Å². The smallest absolute Gasteiger partial charge is 0.124 e. The van der Waals surface area contributed by atoms with Gasteiger partial charge in [-0.2, -0.15) is 0 Å². The predicted octanol–water partition coefficient (Wildman–Crippen LogP) is 2.18. The van der Waals surface area contributed by atoms with Crippen LogP contribution in [0.5, 0.6) is 0 Å². The molecule has 0 aromatic rings. The van der Waals surface area contributed by atoms with E-state index < -0.39 is 0 Å². The van der Waals surface area contributed by atoms with E-state index in [0.29, 0.717) is 0 Å². The molecule has 1 rings (SSSR count). The Hall–Kier alpha value is -0.590. The molecule has 0 saturated heterocycles. The first-order valence-electron chi connectivity index (χ1n) is 3.71. The molecule has 0 aromatic carbocycles. The van der Waals surface area contributed by atoms with Crippen LogP contribution in [-0.4, -0.2) is 6.29 Å². The monoisotopic (exact) mass is 138 g/mol. The first-order chi connectivity index (χ1) is 4.59. The van der Waals surface area contributed by atoms with Gasteiger partial charge in [-0.15, -0.1) is 0 Å². The molecule has 0 N–H and O–H groups in total. The molecule has 0 radical (unpaired) electrons. The van der Waals surface area contributed by atoms with Gasteiger partial charge < -0.3 is 4.79 Å². The van der Waals surface area contributed by atoms with Gasteiger partial charge in [0.2, 0.25) is 0 Å². The summed E-state index contributed by atoms with van der Waals surface area (Å²) in [7, 11) is 0. The van der Waals surface area contributed by atoms with Crippen molar-refractivity contribution in [2.24, 2.45) is 11.3 Å². The number of rotatable bonds is 1. The van der Waals surface area contributed by atoms with E-state index in [4.69, 9.17) is 0 Å². The maximum absolute atomic E-state index is 10.5. The molecule has 0 unspecified atom stereocenters. The zero-order valence-electron chi connectivity index (χ0n) is 6.85. The summed E-state index contributed by atoms with van der Waals surface area (Å²) in [6.07, 6.45) is 4.18. The molecule has 0 spiro atoms. The average Bonchev–Trinajstić information content (AvgIpc) is 2.10. The maximum atomic E-state index is 10.5. The van der Waals surface area contributed by atoms with E-state index in [1.165, 1.54) is 5.57 Å². The van der Waals surface area contributed by atoms with Gasteiger partial charge in [0.25, 0.3) is 0 Å². The summed E-state index contributed by atoms with van der Waals surface area (Å²) in [4.78, 5) is 10.5. The van der Waals surface area contributed by atoms with Gasteiger partial charge in [0.05, 0.1) is 0 Å². The van der Waals surface area contributed by atoms with Crippen molar-refractivity contribution >= 4 is 6.29 Å². The van der Waals surface area contributed by atoms with E-state index in [2.05, 4.69) is 26.8 Å². The molecular formula is C9H14O. The lowest BCUT2D eigenvalue weighted by atomic mass is 9.79. The molecule has 1 aliphatic carbocycles. The molecule has 1 nitrogen and oxygen atoms in total. The summed E-state index contributed by atoms with van der Waals surface area (Å²) < 4.78 is 0. The summed E-state index contributed by atoms with van der Waals surface area (Å²) in [6, 6.07) is 0. The Kier molecular flexibility index (Phi) is 1.67. The van der Waals surface area contributed by atoms with Crippen LogP contribution in [0.4, 0.5) is 0 Å². The molecule has 10 heavy (non-hydrogen) atoms. The van der Waals surface area contributed by atoms with Gasteiger partial charge in [-0.25, -0.2) is 0 Å². The zero-order valence-corrected chi connectivity index (χ0v) is 6.85. The van der Waals surface area contributed by atoms with Crippen molar-refractivity contribution in [2.75, 3.05) is 0 Å². The van der Waals surface area contributed by atoms with Gasteiger partial charge in [0, 0.05) is 5.92 Å². The number of aldehydes is 1. The van der Waals surface area contributed by atoms with Crippen LogP contribution in [0.3, 0.4) is 0 Å².